The molecule has 0 amide bonds. The van der Waals surface area contributed by atoms with Crippen LogP contribution in [0.5, 0.6) is 23.0 Å². The molecule has 1 aliphatic heterocycles. The molecule has 1 heterocycles. The molecule has 0 saturated heterocycles. The molecular weight excluding hydrogens is 270 g/mol. The Labute approximate surface area is 121 Å². The summed E-state index contributed by atoms with van der Waals surface area (Å²) in [4.78, 5) is 3.79. The first-order valence-electron chi connectivity index (χ1n) is 6.32. The minimum atomic E-state index is -0.860. The number of anilines is 1. The molecule has 0 bridgehead atoms. The van der Waals surface area contributed by atoms with E-state index >= 15 is 0 Å². The third-order valence-corrected chi connectivity index (χ3v) is 2.79. The molecule has 7 heteroatoms. The Bertz CT molecular complexity index is 700. The molecule has 7 nitrogen and oxygen atoms in total. The molecule has 0 aliphatic carbocycles. The van der Waals surface area contributed by atoms with Crippen molar-refractivity contribution in [3.63, 3.8) is 0 Å². The highest BCUT2D eigenvalue weighted by Crippen LogP contribution is 2.45. The number of nitrogens with two attached hydrogens (primary N) is 3. The molecule has 0 radical (unpaired) electrons. The van der Waals surface area contributed by atoms with E-state index in [1.165, 1.54) is 0 Å². The van der Waals surface area contributed by atoms with Crippen molar-refractivity contribution >= 4 is 11.6 Å². The molecule has 108 valence electrons. The summed E-state index contributed by atoms with van der Waals surface area (Å²) < 4.78 is 11.5. The summed E-state index contributed by atoms with van der Waals surface area (Å²) in [5.74, 6) is 2.68. The third kappa shape index (κ3) is 2.88. The summed E-state index contributed by atoms with van der Waals surface area (Å²) in [6, 6.07) is 12.8. The Morgan fingerprint density at radius 1 is 0.952 bits per heavy atom. The van der Waals surface area contributed by atoms with Gasteiger partial charge in [0.05, 0.1) is 0 Å². The highest BCUT2D eigenvalue weighted by molar-refractivity contribution is 5.92. The minimum absolute atomic E-state index is 0.127. The molecule has 0 atom stereocenters. The smallest absolute Gasteiger partial charge is 0.195 e. The molecule has 0 aromatic heterocycles. The summed E-state index contributed by atoms with van der Waals surface area (Å²) in [5, 5.41) is 2.88. The second kappa shape index (κ2) is 5.31. The van der Waals surface area contributed by atoms with Gasteiger partial charge in [0.1, 0.15) is 0 Å². The number of hydrogen-bond acceptors (Lipinski definition) is 5. The van der Waals surface area contributed by atoms with Gasteiger partial charge in [0.25, 0.3) is 0 Å². The maximum Gasteiger partial charge on any atom is 0.195 e. The number of guanidine groups is 1. The van der Waals surface area contributed by atoms with Gasteiger partial charge >= 0.3 is 0 Å². The van der Waals surface area contributed by atoms with Crippen LogP contribution in [-0.2, 0) is 0 Å². The standard InChI is InChI=1S/C14H15N5O2/c15-13(16)19-14(17)18-8-5-6-11-12(7-8)21-10-4-2-1-3-9(10)20-11/h1-7,13H,15-16H2,(H3,17,18,19). The van der Waals surface area contributed by atoms with Crippen molar-refractivity contribution in [3.8, 4) is 23.0 Å². The molecule has 2 aromatic rings. The fourth-order valence-electron chi connectivity index (χ4n) is 1.95. The van der Waals surface area contributed by atoms with Crippen LogP contribution in [0, 0.1) is 0 Å². The monoisotopic (exact) mass is 285 g/mol. The van der Waals surface area contributed by atoms with Gasteiger partial charge in [-0.15, -0.1) is 0 Å². The Morgan fingerprint density at radius 2 is 1.57 bits per heavy atom. The average Bonchev–Trinajstić information content (AvgIpc) is 2.44. The van der Waals surface area contributed by atoms with Gasteiger partial charge in [-0.1, -0.05) is 12.1 Å². The molecule has 2 aromatic carbocycles. The molecule has 3 rings (SSSR count). The predicted octanol–water partition coefficient (Wildman–Crippen LogP) is 1.51. The lowest BCUT2D eigenvalue weighted by Crippen LogP contribution is -2.34. The van der Waals surface area contributed by atoms with Gasteiger partial charge in [-0.2, -0.15) is 0 Å². The normalized spacial score (nSPS) is 13.0. The van der Waals surface area contributed by atoms with E-state index in [2.05, 4.69) is 10.3 Å². The molecule has 0 spiro atoms. The summed E-state index contributed by atoms with van der Waals surface area (Å²) in [5.41, 5.74) is 17.0. The van der Waals surface area contributed by atoms with Crippen molar-refractivity contribution in [1.82, 2.24) is 0 Å². The van der Waals surface area contributed by atoms with Gasteiger partial charge in [-0.3, -0.25) is 11.5 Å². The zero-order valence-electron chi connectivity index (χ0n) is 11.1. The second-order valence-corrected chi connectivity index (χ2v) is 4.44. The Hall–Kier alpha value is -2.77. The Kier molecular flexibility index (Phi) is 3.35. The predicted molar refractivity (Wildman–Crippen MR) is 80.4 cm³/mol. The fourth-order valence-corrected chi connectivity index (χ4v) is 1.95. The van der Waals surface area contributed by atoms with Crippen LogP contribution in [-0.4, -0.2) is 12.2 Å². The fraction of sp³-hybridized carbons (Fsp3) is 0.0714. The first kappa shape index (κ1) is 13.2. The molecule has 21 heavy (non-hydrogen) atoms. The second-order valence-electron chi connectivity index (χ2n) is 4.44. The Balaban J connectivity index is 1.84. The lowest BCUT2D eigenvalue weighted by atomic mass is 10.2. The summed E-state index contributed by atoms with van der Waals surface area (Å²) in [6.07, 6.45) is -0.860. The largest absolute Gasteiger partial charge is 0.450 e. The number of para-hydroxylation sites is 2. The average molecular weight is 285 g/mol. The molecule has 0 saturated carbocycles. The van der Waals surface area contributed by atoms with Gasteiger partial charge in [0, 0.05) is 11.8 Å². The molecular formula is C14H15N5O2. The minimum Gasteiger partial charge on any atom is -0.450 e. The van der Waals surface area contributed by atoms with Gasteiger partial charge in [0.15, 0.2) is 35.2 Å². The molecule has 0 unspecified atom stereocenters. The zero-order valence-corrected chi connectivity index (χ0v) is 11.1. The van der Waals surface area contributed by atoms with Crippen LogP contribution in [0.4, 0.5) is 5.69 Å². The van der Waals surface area contributed by atoms with Gasteiger partial charge in [-0.05, 0) is 24.3 Å². The van der Waals surface area contributed by atoms with E-state index in [1.807, 2.05) is 24.3 Å². The van der Waals surface area contributed by atoms with Crippen molar-refractivity contribution in [2.24, 2.45) is 22.2 Å². The van der Waals surface area contributed by atoms with Crippen LogP contribution in [0.15, 0.2) is 47.5 Å². The first-order chi connectivity index (χ1) is 10.1. The zero-order chi connectivity index (χ0) is 14.8. The van der Waals surface area contributed by atoms with Crippen LogP contribution < -0.4 is 32.0 Å². The topological polar surface area (TPSA) is 121 Å². The van der Waals surface area contributed by atoms with Crippen LogP contribution in [0.2, 0.25) is 0 Å². The van der Waals surface area contributed by atoms with Crippen LogP contribution in [0.25, 0.3) is 0 Å². The van der Waals surface area contributed by atoms with Crippen molar-refractivity contribution in [2.45, 2.75) is 6.29 Å². The van der Waals surface area contributed by atoms with Crippen LogP contribution in [0.1, 0.15) is 0 Å². The number of nitrogens with one attached hydrogen (secondary N) is 1. The maximum atomic E-state index is 5.79. The van der Waals surface area contributed by atoms with E-state index in [-0.39, 0.29) is 5.96 Å². The number of rotatable bonds is 2. The molecule has 1 aliphatic rings. The number of ether oxygens (including phenoxy) is 2. The first-order valence-corrected chi connectivity index (χ1v) is 6.32. The number of hydrogen-bond donors (Lipinski definition) is 4. The highest BCUT2D eigenvalue weighted by atomic mass is 16.6. The maximum absolute atomic E-state index is 5.79. The molecule has 0 fully saturated rings. The number of fused-ring (bicyclic) bond motifs is 2. The number of benzene rings is 2. The summed E-state index contributed by atoms with van der Waals surface area (Å²) in [6.45, 7) is 0. The number of aliphatic imine (C=N–C) groups is 1. The van der Waals surface area contributed by atoms with E-state index in [0.29, 0.717) is 28.7 Å². The quantitative estimate of drug-likeness (QED) is 0.322. The van der Waals surface area contributed by atoms with Crippen molar-refractivity contribution < 1.29 is 9.47 Å². The van der Waals surface area contributed by atoms with Crippen LogP contribution in [0.3, 0.4) is 0 Å². The third-order valence-electron chi connectivity index (χ3n) is 2.79. The lowest BCUT2D eigenvalue weighted by molar-refractivity contribution is 0.360. The van der Waals surface area contributed by atoms with E-state index in [9.17, 15) is 0 Å². The lowest BCUT2D eigenvalue weighted by Gasteiger charge is -2.21. The van der Waals surface area contributed by atoms with Gasteiger partial charge < -0.3 is 20.5 Å². The van der Waals surface area contributed by atoms with Crippen LogP contribution >= 0.6 is 0 Å². The number of nitrogens with zero attached hydrogens (tertiary/aromatic N) is 1. The van der Waals surface area contributed by atoms with E-state index in [4.69, 9.17) is 26.7 Å². The van der Waals surface area contributed by atoms with Crippen molar-refractivity contribution in [1.29, 1.82) is 0 Å². The van der Waals surface area contributed by atoms with E-state index < -0.39 is 6.29 Å². The SMILES string of the molecule is N/C(=N\C(N)N)Nc1ccc2c(c1)Oc1ccccc1O2. The van der Waals surface area contributed by atoms with E-state index in [0.717, 1.165) is 0 Å². The van der Waals surface area contributed by atoms with Gasteiger partial charge in [0.2, 0.25) is 0 Å². The van der Waals surface area contributed by atoms with Crippen molar-refractivity contribution in [2.75, 3.05) is 5.32 Å². The summed E-state index contributed by atoms with van der Waals surface area (Å²) in [7, 11) is 0. The highest BCUT2D eigenvalue weighted by Gasteiger charge is 2.18. The summed E-state index contributed by atoms with van der Waals surface area (Å²) >= 11 is 0. The van der Waals surface area contributed by atoms with Gasteiger partial charge in [-0.25, -0.2) is 4.99 Å². The molecule has 7 N–H and O–H groups in total. The van der Waals surface area contributed by atoms with E-state index in [1.54, 1.807) is 18.2 Å². The van der Waals surface area contributed by atoms with Crippen molar-refractivity contribution in [3.05, 3.63) is 42.5 Å². The Morgan fingerprint density at radius 3 is 2.24 bits per heavy atom.